The Morgan fingerprint density at radius 1 is 1.21 bits per heavy atom. The van der Waals surface area contributed by atoms with Gasteiger partial charge in [-0.1, -0.05) is 12.1 Å². The maximum atomic E-state index is 11.7. The molecule has 2 amide bonds. The fourth-order valence-corrected chi connectivity index (χ4v) is 1.64. The molecule has 1 fully saturated rings. The van der Waals surface area contributed by atoms with Gasteiger partial charge in [0.2, 0.25) is 5.91 Å². The number of hydrogen-bond donors (Lipinski definition) is 1. The minimum Gasteiger partial charge on any atom is -0.350 e. The molecule has 100 valence electrons. The van der Waals surface area contributed by atoms with Gasteiger partial charge in [0, 0.05) is 31.8 Å². The lowest BCUT2D eigenvalue weighted by molar-refractivity contribution is -0.116. The zero-order chi connectivity index (χ0) is 13.8. The minimum atomic E-state index is -0.0593. The first-order valence-electron chi connectivity index (χ1n) is 6.36. The number of rotatable bonds is 4. The molecule has 0 saturated heterocycles. The van der Waals surface area contributed by atoms with E-state index in [1.807, 2.05) is 12.1 Å². The normalized spacial score (nSPS) is 14.4. The highest BCUT2D eigenvalue weighted by molar-refractivity contribution is 5.94. The molecule has 1 aliphatic rings. The van der Waals surface area contributed by atoms with E-state index < -0.39 is 0 Å². The number of amides is 2. The molecule has 2 rings (SSSR count). The topological polar surface area (TPSA) is 49.4 Å². The smallest absolute Gasteiger partial charge is 0.253 e. The van der Waals surface area contributed by atoms with Crippen molar-refractivity contribution in [3.63, 3.8) is 0 Å². The van der Waals surface area contributed by atoms with Crippen molar-refractivity contribution in [2.75, 3.05) is 14.1 Å². The van der Waals surface area contributed by atoms with Crippen LogP contribution in [-0.2, 0) is 4.79 Å². The van der Waals surface area contributed by atoms with Gasteiger partial charge in [-0.3, -0.25) is 9.59 Å². The van der Waals surface area contributed by atoms with Gasteiger partial charge in [-0.25, -0.2) is 0 Å². The van der Waals surface area contributed by atoms with Crippen LogP contribution in [0.1, 0.15) is 28.8 Å². The van der Waals surface area contributed by atoms with Crippen molar-refractivity contribution >= 4 is 17.9 Å². The van der Waals surface area contributed by atoms with Crippen molar-refractivity contribution in [1.82, 2.24) is 10.2 Å². The molecule has 0 bridgehead atoms. The third-order valence-corrected chi connectivity index (χ3v) is 2.91. The highest BCUT2D eigenvalue weighted by Gasteiger charge is 2.21. The monoisotopic (exact) mass is 258 g/mol. The van der Waals surface area contributed by atoms with Crippen molar-refractivity contribution < 1.29 is 9.59 Å². The van der Waals surface area contributed by atoms with Gasteiger partial charge in [0.05, 0.1) is 0 Å². The largest absolute Gasteiger partial charge is 0.350 e. The Bertz CT molecular complexity index is 499. The third-order valence-electron chi connectivity index (χ3n) is 2.91. The molecule has 4 nitrogen and oxygen atoms in total. The number of carbonyl (C=O) groups is 2. The minimum absolute atomic E-state index is 0.0259. The zero-order valence-corrected chi connectivity index (χ0v) is 11.2. The average Bonchev–Trinajstić information content (AvgIpc) is 3.20. The number of benzene rings is 1. The van der Waals surface area contributed by atoms with E-state index in [2.05, 4.69) is 5.32 Å². The first kappa shape index (κ1) is 13.3. The molecule has 1 aromatic rings. The van der Waals surface area contributed by atoms with Gasteiger partial charge in [-0.05, 0) is 36.6 Å². The standard InChI is InChI=1S/C15H18N2O2/c1-17(2)15(19)12-6-3-11(4-7-12)5-10-14(18)16-13-8-9-13/h3-7,10,13H,8-9H2,1-2H3,(H,16,18)/b10-5+. The van der Waals surface area contributed by atoms with Crippen LogP contribution in [-0.4, -0.2) is 36.9 Å². The Kier molecular flexibility index (Phi) is 4.00. The summed E-state index contributed by atoms with van der Waals surface area (Å²) in [5.41, 5.74) is 1.55. The zero-order valence-electron chi connectivity index (χ0n) is 11.2. The van der Waals surface area contributed by atoms with Crippen LogP contribution in [0.15, 0.2) is 30.3 Å². The van der Waals surface area contributed by atoms with Crippen LogP contribution in [0.5, 0.6) is 0 Å². The van der Waals surface area contributed by atoms with Gasteiger partial charge in [-0.15, -0.1) is 0 Å². The molecule has 1 aromatic carbocycles. The molecule has 4 heteroatoms. The maximum absolute atomic E-state index is 11.7. The Hall–Kier alpha value is -2.10. The fraction of sp³-hybridized carbons (Fsp3) is 0.333. The summed E-state index contributed by atoms with van der Waals surface area (Å²) in [6.45, 7) is 0. The van der Waals surface area contributed by atoms with E-state index in [0.29, 0.717) is 11.6 Å². The first-order chi connectivity index (χ1) is 9.06. The second kappa shape index (κ2) is 5.69. The van der Waals surface area contributed by atoms with Gasteiger partial charge < -0.3 is 10.2 Å². The van der Waals surface area contributed by atoms with Crippen LogP contribution >= 0.6 is 0 Å². The summed E-state index contributed by atoms with van der Waals surface area (Å²) in [4.78, 5) is 24.7. The summed E-state index contributed by atoms with van der Waals surface area (Å²) in [5, 5.41) is 2.88. The molecule has 0 spiro atoms. The molecule has 0 aliphatic heterocycles. The Morgan fingerprint density at radius 3 is 2.37 bits per heavy atom. The summed E-state index contributed by atoms with van der Waals surface area (Å²) in [7, 11) is 3.44. The van der Waals surface area contributed by atoms with Gasteiger partial charge in [0.1, 0.15) is 0 Å². The summed E-state index contributed by atoms with van der Waals surface area (Å²) in [6, 6.07) is 7.56. The number of nitrogens with zero attached hydrogens (tertiary/aromatic N) is 1. The molecule has 0 unspecified atom stereocenters. The van der Waals surface area contributed by atoms with E-state index in [9.17, 15) is 9.59 Å². The second-order valence-corrected chi connectivity index (χ2v) is 4.94. The average molecular weight is 258 g/mol. The molecule has 1 saturated carbocycles. The van der Waals surface area contributed by atoms with Crippen LogP contribution in [0.2, 0.25) is 0 Å². The predicted octanol–water partition coefficient (Wildman–Crippen LogP) is 1.68. The van der Waals surface area contributed by atoms with Crippen molar-refractivity contribution in [1.29, 1.82) is 0 Å². The van der Waals surface area contributed by atoms with Gasteiger partial charge in [0.15, 0.2) is 0 Å². The van der Waals surface area contributed by atoms with Crippen molar-refractivity contribution in [3.05, 3.63) is 41.5 Å². The van der Waals surface area contributed by atoms with Crippen molar-refractivity contribution in [2.45, 2.75) is 18.9 Å². The SMILES string of the molecule is CN(C)C(=O)c1ccc(/C=C/C(=O)NC2CC2)cc1. The Morgan fingerprint density at radius 2 is 1.84 bits per heavy atom. The molecular weight excluding hydrogens is 240 g/mol. The molecule has 0 atom stereocenters. The molecule has 0 aromatic heterocycles. The van der Waals surface area contributed by atoms with E-state index in [4.69, 9.17) is 0 Å². The molecule has 0 radical (unpaired) electrons. The van der Waals surface area contributed by atoms with E-state index in [-0.39, 0.29) is 11.8 Å². The Balaban J connectivity index is 1.95. The lowest BCUT2D eigenvalue weighted by atomic mass is 10.1. The van der Waals surface area contributed by atoms with E-state index in [0.717, 1.165) is 18.4 Å². The van der Waals surface area contributed by atoms with E-state index >= 15 is 0 Å². The summed E-state index contributed by atoms with van der Waals surface area (Å²) < 4.78 is 0. The second-order valence-electron chi connectivity index (χ2n) is 4.94. The molecule has 1 aliphatic carbocycles. The summed E-state index contributed by atoms with van der Waals surface area (Å²) in [5.74, 6) is -0.0852. The van der Waals surface area contributed by atoms with Crippen LogP contribution in [0.3, 0.4) is 0 Å². The Labute approximate surface area is 113 Å². The van der Waals surface area contributed by atoms with Gasteiger partial charge >= 0.3 is 0 Å². The lowest BCUT2D eigenvalue weighted by Gasteiger charge is -2.09. The maximum Gasteiger partial charge on any atom is 0.253 e. The highest BCUT2D eigenvalue weighted by Crippen LogP contribution is 2.18. The van der Waals surface area contributed by atoms with Crippen LogP contribution in [0, 0.1) is 0 Å². The van der Waals surface area contributed by atoms with Crippen LogP contribution in [0.25, 0.3) is 6.08 Å². The van der Waals surface area contributed by atoms with Gasteiger partial charge in [-0.2, -0.15) is 0 Å². The number of nitrogens with one attached hydrogen (secondary N) is 1. The quantitative estimate of drug-likeness (QED) is 0.835. The number of hydrogen-bond acceptors (Lipinski definition) is 2. The van der Waals surface area contributed by atoms with Crippen molar-refractivity contribution in [2.24, 2.45) is 0 Å². The highest BCUT2D eigenvalue weighted by atomic mass is 16.2. The van der Waals surface area contributed by atoms with E-state index in [1.165, 1.54) is 11.0 Å². The van der Waals surface area contributed by atoms with Gasteiger partial charge in [0.25, 0.3) is 5.91 Å². The fourth-order valence-electron chi connectivity index (χ4n) is 1.64. The van der Waals surface area contributed by atoms with E-state index in [1.54, 1.807) is 32.3 Å². The summed E-state index contributed by atoms with van der Waals surface area (Å²) >= 11 is 0. The van der Waals surface area contributed by atoms with Crippen molar-refractivity contribution in [3.8, 4) is 0 Å². The number of carbonyl (C=O) groups excluding carboxylic acids is 2. The first-order valence-corrected chi connectivity index (χ1v) is 6.36. The molecular formula is C15H18N2O2. The predicted molar refractivity (Wildman–Crippen MR) is 74.7 cm³/mol. The van der Waals surface area contributed by atoms with Crippen LogP contribution < -0.4 is 5.32 Å². The van der Waals surface area contributed by atoms with Crippen LogP contribution in [0.4, 0.5) is 0 Å². The summed E-state index contributed by atoms with van der Waals surface area (Å²) in [6.07, 6.45) is 5.45. The molecule has 0 heterocycles. The lowest BCUT2D eigenvalue weighted by Crippen LogP contribution is -2.22. The molecule has 1 N–H and O–H groups in total. The third kappa shape index (κ3) is 3.95. The molecule has 19 heavy (non-hydrogen) atoms.